The second-order valence-electron chi connectivity index (χ2n) is 7.85. The molecule has 0 radical (unpaired) electrons. The lowest BCUT2D eigenvalue weighted by Crippen LogP contribution is -2.29. The van der Waals surface area contributed by atoms with Crippen LogP contribution in [-0.4, -0.2) is 34.9 Å². The third kappa shape index (κ3) is 3.93. The molecule has 2 aromatic carbocycles. The van der Waals surface area contributed by atoms with Crippen LogP contribution >= 0.6 is 11.3 Å². The monoisotopic (exact) mass is 462 g/mol. The van der Waals surface area contributed by atoms with E-state index in [1.807, 2.05) is 50.2 Å². The molecule has 7 nitrogen and oxygen atoms in total. The van der Waals surface area contributed by atoms with E-state index in [2.05, 4.69) is 4.98 Å². The first-order chi connectivity index (χ1) is 15.7. The Kier molecular flexibility index (Phi) is 5.86. The molecule has 0 saturated carbocycles. The van der Waals surface area contributed by atoms with Gasteiger partial charge in [-0.15, -0.1) is 0 Å². The van der Waals surface area contributed by atoms with Crippen LogP contribution in [0.3, 0.4) is 0 Å². The van der Waals surface area contributed by atoms with Crippen molar-refractivity contribution in [1.82, 2.24) is 4.98 Å². The molecule has 2 heterocycles. The number of carbonyl (C=O) groups excluding carboxylic acids is 3. The number of rotatable bonds is 4. The van der Waals surface area contributed by atoms with Gasteiger partial charge < -0.3 is 9.84 Å². The van der Waals surface area contributed by atoms with E-state index in [9.17, 15) is 19.5 Å². The van der Waals surface area contributed by atoms with Gasteiger partial charge in [0.25, 0.3) is 5.78 Å². The summed E-state index contributed by atoms with van der Waals surface area (Å²) in [5.74, 6) is -2.47. The van der Waals surface area contributed by atoms with Crippen LogP contribution in [0.4, 0.5) is 5.13 Å². The highest BCUT2D eigenvalue weighted by Crippen LogP contribution is 2.43. The second-order valence-corrected chi connectivity index (χ2v) is 8.83. The Labute approximate surface area is 195 Å². The van der Waals surface area contributed by atoms with E-state index in [0.717, 1.165) is 22.5 Å². The van der Waals surface area contributed by atoms with E-state index < -0.39 is 23.7 Å². The number of Topliss-reactive ketones (excluding diaryl/α,β-unsaturated/α-hetero) is 1. The van der Waals surface area contributed by atoms with Crippen molar-refractivity contribution in [2.24, 2.45) is 0 Å². The molecule has 1 aliphatic heterocycles. The van der Waals surface area contributed by atoms with Crippen molar-refractivity contribution in [3.05, 3.63) is 86.9 Å². The van der Waals surface area contributed by atoms with E-state index in [4.69, 9.17) is 4.74 Å². The Hall–Kier alpha value is -3.78. The van der Waals surface area contributed by atoms with Crippen molar-refractivity contribution in [3.8, 4) is 0 Å². The fourth-order valence-electron chi connectivity index (χ4n) is 3.73. The molecule has 168 valence electrons. The number of ketones is 1. The van der Waals surface area contributed by atoms with Crippen molar-refractivity contribution in [1.29, 1.82) is 0 Å². The zero-order valence-electron chi connectivity index (χ0n) is 18.6. The number of carbonyl (C=O) groups is 3. The minimum atomic E-state index is -0.900. The summed E-state index contributed by atoms with van der Waals surface area (Å²) in [5, 5.41) is 11.3. The van der Waals surface area contributed by atoms with E-state index in [-0.39, 0.29) is 21.3 Å². The smallest absolute Gasteiger partial charge is 0.350 e. The predicted octanol–water partition coefficient (Wildman–Crippen LogP) is 4.48. The fraction of sp³-hybridized carbons (Fsp3) is 0.200. The number of benzene rings is 2. The van der Waals surface area contributed by atoms with Crippen LogP contribution in [0.5, 0.6) is 0 Å². The molecule has 1 unspecified atom stereocenters. The van der Waals surface area contributed by atoms with Crippen LogP contribution in [-0.2, 0) is 14.3 Å². The number of aliphatic hydroxyl groups excluding tert-OH is 1. The predicted molar refractivity (Wildman–Crippen MR) is 125 cm³/mol. The summed E-state index contributed by atoms with van der Waals surface area (Å²) in [7, 11) is 1.27. The number of methoxy groups -OCH3 is 1. The van der Waals surface area contributed by atoms with Crippen molar-refractivity contribution < 1.29 is 24.2 Å². The number of anilines is 1. The first-order valence-corrected chi connectivity index (χ1v) is 11.0. The quantitative estimate of drug-likeness (QED) is 0.266. The van der Waals surface area contributed by atoms with E-state index in [1.165, 1.54) is 12.0 Å². The zero-order valence-corrected chi connectivity index (χ0v) is 19.4. The minimum absolute atomic E-state index is 0.0276. The summed E-state index contributed by atoms with van der Waals surface area (Å²) in [5.41, 5.74) is 3.44. The maximum Gasteiger partial charge on any atom is 0.350 e. The maximum atomic E-state index is 13.2. The minimum Gasteiger partial charge on any atom is -0.507 e. The average Bonchev–Trinajstić information content (AvgIpc) is 3.31. The Balaban J connectivity index is 1.93. The molecule has 4 rings (SSSR count). The molecule has 1 saturated heterocycles. The molecule has 1 atom stereocenters. The van der Waals surface area contributed by atoms with Gasteiger partial charge in [0.05, 0.1) is 24.4 Å². The van der Waals surface area contributed by atoms with Crippen LogP contribution in [0.1, 0.15) is 43.7 Å². The first kappa shape index (κ1) is 22.4. The van der Waals surface area contributed by atoms with Gasteiger partial charge in [-0.05, 0) is 26.3 Å². The number of aryl methyl sites for hydroxylation is 3. The summed E-state index contributed by atoms with van der Waals surface area (Å²) in [6.07, 6.45) is 0. The van der Waals surface area contributed by atoms with Crippen LogP contribution < -0.4 is 4.90 Å². The Bertz CT molecular complexity index is 1290. The molecule has 1 aromatic heterocycles. The molecular formula is C25H22N2O5S. The van der Waals surface area contributed by atoms with Gasteiger partial charge in [-0.3, -0.25) is 14.5 Å². The molecular weight excluding hydrogens is 440 g/mol. The van der Waals surface area contributed by atoms with Crippen LogP contribution in [0.25, 0.3) is 5.76 Å². The Morgan fingerprint density at radius 2 is 1.58 bits per heavy atom. The summed E-state index contributed by atoms with van der Waals surface area (Å²) >= 11 is 0.971. The number of amides is 1. The third-order valence-electron chi connectivity index (χ3n) is 5.52. The zero-order chi connectivity index (χ0) is 23.9. The van der Waals surface area contributed by atoms with Gasteiger partial charge in [0, 0.05) is 5.56 Å². The lowest BCUT2D eigenvalue weighted by molar-refractivity contribution is -0.132. The molecule has 0 aliphatic carbocycles. The largest absolute Gasteiger partial charge is 0.507 e. The molecule has 1 N–H and O–H groups in total. The van der Waals surface area contributed by atoms with Crippen LogP contribution in [0.15, 0.2) is 54.1 Å². The Morgan fingerprint density at radius 3 is 2.15 bits per heavy atom. The highest BCUT2D eigenvalue weighted by molar-refractivity contribution is 7.17. The average molecular weight is 463 g/mol. The van der Waals surface area contributed by atoms with Gasteiger partial charge >= 0.3 is 11.9 Å². The van der Waals surface area contributed by atoms with Crippen molar-refractivity contribution in [2.45, 2.75) is 26.8 Å². The molecule has 0 spiro atoms. The molecule has 1 amide bonds. The number of esters is 1. The van der Waals surface area contributed by atoms with Gasteiger partial charge in [0.2, 0.25) is 0 Å². The lowest BCUT2D eigenvalue weighted by atomic mass is 9.94. The van der Waals surface area contributed by atoms with Crippen molar-refractivity contribution in [3.63, 3.8) is 0 Å². The number of hydrogen-bond acceptors (Lipinski definition) is 7. The summed E-state index contributed by atoms with van der Waals surface area (Å²) in [4.78, 5) is 44.4. The van der Waals surface area contributed by atoms with Gasteiger partial charge in [-0.2, -0.15) is 0 Å². The molecule has 33 heavy (non-hydrogen) atoms. The number of aromatic nitrogens is 1. The first-order valence-electron chi connectivity index (χ1n) is 10.2. The topological polar surface area (TPSA) is 96.8 Å². The number of aliphatic hydroxyl groups is 1. The Morgan fingerprint density at radius 1 is 1.00 bits per heavy atom. The number of hydrogen-bond donors (Lipinski definition) is 1. The van der Waals surface area contributed by atoms with E-state index in [0.29, 0.717) is 16.8 Å². The normalized spacial score (nSPS) is 17.5. The van der Waals surface area contributed by atoms with Crippen molar-refractivity contribution >= 4 is 39.9 Å². The van der Waals surface area contributed by atoms with Crippen molar-refractivity contribution in [2.75, 3.05) is 12.0 Å². The number of ether oxygens (including phenoxy) is 1. The highest BCUT2D eigenvalue weighted by atomic mass is 32.1. The lowest BCUT2D eigenvalue weighted by Gasteiger charge is -2.23. The highest BCUT2D eigenvalue weighted by Gasteiger charge is 2.48. The fourth-order valence-corrected chi connectivity index (χ4v) is 4.74. The molecule has 1 fully saturated rings. The second kappa shape index (κ2) is 8.63. The van der Waals surface area contributed by atoms with Crippen LogP contribution in [0.2, 0.25) is 0 Å². The third-order valence-corrected chi connectivity index (χ3v) is 6.66. The molecule has 0 bridgehead atoms. The summed E-state index contributed by atoms with van der Waals surface area (Å²) in [6, 6.07) is 13.5. The standard InChI is InChI=1S/C25H22N2O5S/c1-13-5-9-16(10-6-13)19-18(20(28)17-11-7-14(2)8-12-17)21(29)23(30)27(19)25-26-15(3)22(33-25)24(31)32-4/h5-12,19,28H,1-4H3/b20-18+. The van der Waals surface area contributed by atoms with E-state index in [1.54, 1.807) is 19.1 Å². The van der Waals surface area contributed by atoms with Gasteiger partial charge in [0.15, 0.2) is 5.13 Å². The molecule has 1 aliphatic rings. The van der Waals surface area contributed by atoms with Gasteiger partial charge in [0.1, 0.15) is 10.6 Å². The van der Waals surface area contributed by atoms with Gasteiger partial charge in [-0.25, -0.2) is 9.78 Å². The molecule has 8 heteroatoms. The molecule has 3 aromatic rings. The summed E-state index contributed by atoms with van der Waals surface area (Å²) < 4.78 is 4.80. The number of nitrogens with zero attached hydrogens (tertiary/aromatic N) is 2. The number of thiazole rings is 1. The maximum absolute atomic E-state index is 13.2. The van der Waals surface area contributed by atoms with Crippen LogP contribution in [0, 0.1) is 20.8 Å². The van der Waals surface area contributed by atoms with Gasteiger partial charge in [-0.1, -0.05) is 71.0 Å². The van der Waals surface area contributed by atoms with E-state index >= 15 is 0 Å². The SMILES string of the molecule is COC(=O)c1sc(N2C(=O)C(=O)/C(=C(/O)c3ccc(C)cc3)C2c2ccc(C)cc2)nc1C. The summed E-state index contributed by atoms with van der Waals surface area (Å²) in [6.45, 7) is 5.48.